The summed E-state index contributed by atoms with van der Waals surface area (Å²) in [5.74, 6) is -0.350. The lowest BCUT2D eigenvalue weighted by Gasteiger charge is -2.34. The summed E-state index contributed by atoms with van der Waals surface area (Å²) in [6.07, 6.45) is 27.5. The van der Waals surface area contributed by atoms with Crippen LogP contribution in [0.25, 0.3) is 0 Å². The van der Waals surface area contributed by atoms with Crippen molar-refractivity contribution in [3.05, 3.63) is 130 Å². The van der Waals surface area contributed by atoms with Gasteiger partial charge in [0.05, 0.1) is 0 Å². The van der Waals surface area contributed by atoms with E-state index in [2.05, 4.69) is 65.8 Å². The van der Waals surface area contributed by atoms with E-state index < -0.39 is 12.2 Å². The average Bonchev–Trinajstić information content (AvgIpc) is 2.92. The van der Waals surface area contributed by atoms with Gasteiger partial charge >= 0.3 is 0 Å². The maximum absolute atomic E-state index is 12.2. The molecule has 2 atom stereocenters. The molecule has 236 valence electrons. The van der Waals surface area contributed by atoms with Crippen LogP contribution in [0.4, 0.5) is 0 Å². The molecule has 0 heterocycles. The summed E-state index contributed by atoms with van der Waals surface area (Å²) in [6.45, 7) is 20.0. The van der Waals surface area contributed by atoms with Gasteiger partial charge in [0.1, 0.15) is 12.2 Å². The predicted octanol–water partition coefficient (Wildman–Crippen LogP) is 8.91. The highest BCUT2D eigenvalue weighted by molar-refractivity contribution is 6.01. The Kier molecular flexibility index (Phi) is 13.2. The van der Waals surface area contributed by atoms with Gasteiger partial charge in [0.25, 0.3) is 0 Å². The minimum absolute atomic E-state index is 0.175. The first-order valence-electron chi connectivity index (χ1n) is 15.4. The summed E-state index contributed by atoms with van der Waals surface area (Å²) in [5.41, 5.74) is 7.16. The predicted molar refractivity (Wildman–Crippen MR) is 185 cm³/mol. The molecule has 0 fully saturated rings. The molecule has 0 spiro atoms. The van der Waals surface area contributed by atoms with Crippen LogP contribution in [0.2, 0.25) is 0 Å². The van der Waals surface area contributed by atoms with E-state index >= 15 is 0 Å². The number of allylic oxidation sites excluding steroid dienone is 20. The molecule has 0 bridgehead atoms. The zero-order valence-electron chi connectivity index (χ0n) is 28.4. The summed E-state index contributed by atoms with van der Waals surface area (Å²) < 4.78 is 0. The van der Waals surface area contributed by atoms with E-state index in [0.717, 1.165) is 33.4 Å². The van der Waals surface area contributed by atoms with E-state index in [-0.39, 0.29) is 22.4 Å². The van der Waals surface area contributed by atoms with Crippen LogP contribution in [0.1, 0.15) is 82.1 Å². The number of carbonyl (C=O) groups excluding carboxylic acids is 2. The summed E-state index contributed by atoms with van der Waals surface area (Å²) in [4.78, 5) is 24.5. The first-order chi connectivity index (χ1) is 20.5. The van der Waals surface area contributed by atoms with Crippen LogP contribution in [0.3, 0.4) is 0 Å². The van der Waals surface area contributed by atoms with Crippen molar-refractivity contribution in [1.82, 2.24) is 0 Å². The Labute approximate surface area is 265 Å². The minimum atomic E-state index is -0.907. The highest BCUT2D eigenvalue weighted by atomic mass is 16.3. The van der Waals surface area contributed by atoms with Crippen molar-refractivity contribution in [3.8, 4) is 0 Å². The van der Waals surface area contributed by atoms with Crippen molar-refractivity contribution in [3.63, 3.8) is 0 Å². The molecule has 0 aromatic carbocycles. The van der Waals surface area contributed by atoms with Crippen LogP contribution >= 0.6 is 0 Å². The van der Waals surface area contributed by atoms with Crippen LogP contribution in [0.5, 0.6) is 0 Å². The topological polar surface area (TPSA) is 74.6 Å². The molecule has 2 N–H and O–H groups in total. The Morgan fingerprint density at radius 1 is 0.568 bits per heavy atom. The molecule has 2 aliphatic carbocycles. The highest BCUT2D eigenvalue weighted by Crippen LogP contribution is 2.40. The molecule has 0 aromatic heterocycles. The maximum Gasteiger partial charge on any atom is 0.187 e. The molecule has 0 unspecified atom stereocenters. The van der Waals surface area contributed by atoms with Gasteiger partial charge in [0.15, 0.2) is 11.6 Å². The van der Waals surface area contributed by atoms with Gasteiger partial charge in [0, 0.05) is 0 Å². The smallest absolute Gasteiger partial charge is 0.187 e. The second kappa shape index (κ2) is 15.9. The number of Topliss-reactive ketones (excluding diaryl/α,β-unsaturated/α-hetero) is 2. The molecular weight excluding hydrogens is 544 g/mol. The molecule has 4 nitrogen and oxygen atoms in total. The second-order valence-electron chi connectivity index (χ2n) is 13.4. The normalized spacial score (nSPS) is 24.5. The highest BCUT2D eigenvalue weighted by Gasteiger charge is 2.37. The van der Waals surface area contributed by atoms with Crippen LogP contribution in [-0.2, 0) is 9.59 Å². The van der Waals surface area contributed by atoms with Crippen molar-refractivity contribution < 1.29 is 19.8 Å². The first kappa shape index (κ1) is 36.6. The van der Waals surface area contributed by atoms with Gasteiger partial charge in [-0.25, -0.2) is 0 Å². The van der Waals surface area contributed by atoms with E-state index in [9.17, 15) is 19.8 Å². The fourth-order valence-corrected chi connectivity index (χ4v) is 5.62. The van der Waals surface area contributed by atoms with Gasteiger partial charge in [-0.1, -0.05) is 135 Å². The summed E-state index contributed by atoms with van der Waals surface area (Å²) in [7, 11) is 0. The molecule has 0 radical (unpaired) electrons. The molecule has 4 heteroatoms. The van der Waals surface area contributed by atoms with Crippen LogP contribution in [0.15, 0.2) is 130 Å². The third-order valence-corrected chi connectivity index (χ3v) is 8.31. The summed E-state index contributed by atoms with van der Waals surface area (Å²) in [5, 5.41) is 20.0. The van der Waals surface area contributed by atoms with Crippen LogP contribution < -0.4 is 0 Å². The van der Waals surface area contributed by atoms with Gasteiger partial charge in [0.2, 0.25) is 0 Å². The number of rotatable bonds is 10. The Bertz CT molecular complexity index is 1340. The number of aliphatic hydroxyl groups excluding tert-OH is 2. The first-order valence-corrected chi connectivity index (χ1v) is 15.4. The lowest BCUT2D eigenvalue weighted by molar-refractivity contribution is -0.126. The zero-order valence-corrected chi connectivity index (χ0v) is 28.4. The fourth-order valence-electron chi connectivity index (χ4n) is 5.62. The lowest BCUT2D eigenvalue weighted by Crippen LogP contribution is -2.35. The van der Waals surface area contributed by atoms with Crippen molar-refractivity contribution in [2.24, 2.45) is 10.8 Å². The SMILES string of the molecule is CC(C=CC=C(C)C=CC1=C(C)C(=O)[C@H](O)CC1(C)C)=CC=CC=C(C)C=CC=C(C)C=CC1=C(C)C(=O)[C@@H](O)CC1(C)C. The van der Waals surface area contributed by atoms with Gasteiger partial charge < -0.3 is 10.2 Å². The number of hydrogen-bond donors (Lipinski definition) is 2. The molecule has 0 aromatic rings. The molecule has 2 aliphatic rings. The van der Waals surface area contributed by atoms with E-state index in [1.54, 1.807) is 13.8 Å². The van der Waals surface area contributed by atoms with Gasteiger partial charge in [-0.05, 0) is 87.5 Å². The standard InChI is InChI=1S/C40H52O4/c1-27(17-13-19-29(3)21-23-33-31(5)37(43)35(41)25-39(33,7)8)15-11-12-16-28(2)18-14-20-30(4)22-24-34-32(6)38(44)36(42)26-40(34,9)10/h11-24,35-36,41-42H,25-26H2,1-10H3/t35-,36+. The fraction of sp³-hybridized carbons (Fsp3) is 0.400. The molecule has 0 saturated heterocycles. The largest absolute Gasteiger partial charge is 0.385 e. The number of hydrogen-bond acceptors (Lipinski definition) is 4. The van der Waals surface area contributed by atoms with Crippen molar-refractivity contribution >= 4 is 11.6 Å². The molecule has 0 aliphatic heterocycles. The Hall–Kier alpha value is -3.60. The Morgan fingerprint density at radius 2 is 0.864 bits per heavy atom. The van der Waals surface area contributed by atoms with Crippen LogP contribution in [-0.4, -0.2) is 34.0 Å². The van der Waals surface area contributed by atoms with E-state index in [1.807, 2.05) is 74.6 Å². The third-order valence-electron chi connectivity index (χ3n) is 8.31. The van der Waals surface area contributed by atoms with Crippen molar-refractivity contribution in [2.75, 3.05) is 0 Å². The monoisotopic (exact) mass is 596 g/mol. The quantitative estimate of drug-likeness (QED) is 0.247. The van der Waals surface area contributed by atoms with Crippen molar-refractivity contribution in [1.29, 1.82) is 0 Å². The van der Waals surface area contributed by atoms with Crippen LogP contribution in [0, 0.1) is 10.8 Å². The van der Waals surface area contributed by atoms with Gasteiger partial charge in [-0.3, -0.25) is 9.59 Å². The van der Waals surface area contributed by atoms with E-state index in [1.165, 1.54) is 0 Å². The molecule has 0 saturated carbocycles. The molecular formula is C40H52O4. The average molecular weight is 597 g/mol. The third kappa shape index (κ3) is 10.5. The maximum atomic E-state index is 12.2. The Morgan fingerprint density at radius 3 is 1.20 bits per heavy atom. The molecule has 0 amide bonds. The van der Waals surface area contributed by atoms with E-state index in [0.29, 0.717) is 24.0 Å². The van der Waals surface area contributed by atoms with Gasteiger partial charge in [-0.15, -0.1) is 0 Å². The number of ketones is 2. The zero-order chi connectivity index (χ0) is 33.2. The lowest BCUT2D eigenvalue weighted by atomic mass is 9.71. The molecule has 44 heavy (non-hydrogen) atoms. The summed E-state index contributed by atoms with van der Waals surface area (Å²) in [6, 6.07) is 0. The number of aliphatic hydroxyl groups is 2. The number of carbonyl (C=O) groups is 2. The van der Waals surface area contributed by atoms with Gasteiger partial charge in [-0.2, -0.15) is 0 Å². The van der Waals surface area contributed by atoms with Crippen molar-refractivity contribution in [2.45, 2.75) is 94.3 Å². The summed E-state index contributed by atoms with van der Waals surface area (Å²) >= 11 is 0. The Balaban J connectivity index is 1.95. The second-order valence-corrected chi connectivity index (χ2v) is 13.4. The van der Waals surface area contributed by atoms with E-state index in [4.69, 9.17) is 0 Å². The molecule has 2 rings (SSSR count). The minimum Gasteiger partial charge on any atom is -0.385 e.